The van der Waals surface area contributed by atoms with Crippen LogP contribution in [0.25, 0.3) is 10.9 Å². The van der Waals surface area contributed by atoms with Crippen molar-refractivity contribution >= 4 is 22.7 Å². The number of thioether (sulfide) groups is 1. The molecule has 1 fully saturated rings. The van der Waals surface area contributed by atoms with Crippen LogP contribution in [-0.2, 0) is 6.54 Å². The summed E-state index contributed by atoms with van der Waals surface area (Å²) in [5, 5.41) is 1.09. The standard InChI is InChI=1S/C21H23N3OS/c1-26-17-9-8-15-12-16(21(25)23-19(15)13-17)14-24-11-5-3-7-20(24)18-6-2-4-10-22-18/h2,4,6,8-10,12-13,20H,3,5,7,11,14H2,1H3,(H,23,25)/t20-/m0/s1. The molecule has 0 radical (unpaired) electrons. The Kier molecular flexibility index (Phi) is 5.09. The van der Waals surface area contributed by atoms with Crippen LogP contribution in [0.2, 0.25) is 0 Å². The van der Waals surface area contributed by atoms with Crippen molar-refractivity contribution in [1.82, 2.24) is 14.9 Å². The Morgan fingerprint density at radius 1 is 1.23 bits per heavy atom. The van der Waals surface area contributed by atoms with Crippen LogP contribution in [0.3, 0.4) is 0 Å². The first-order valence-electron chi connectivity index (χ1n) is 9.09. The molecular formula is C21H23N3OS. The molecule has 3 heterocycles. The van der Waals surface area contributed by atoms with E-state index in [4.69, 9.17) is 0 Å². The number of hydrogen-bond acceptors (Lipinski definition) is 4. The van der Waals surface area contributed by atoms with Gasteiger partial charge in [-0.2, -0.15) is 0 Å². The molecule has 4 nitrogen and oxygen atoms in total. The van der Waals surface area contributed by atoms with Crippen molar-refractivity contribution in [3.8, 4) is 0 Å². The number of pyridine rings is 2. The van der Waals surface area contributed by atoms with Crippen molar-refractivity contribution in [3.05, 3.63) is 70.3 Å². The molecule has 1 aliphatic heterocycles. The van der Waals surface area contributed by atoms with E-state index in [9.17, 15) is 4.79 Å². The second kappa shape index (κ2) is 7.64. The van der Waals surface area contributed by atoms with Gasteiger partial charge >= 0.3 is 0 Å². The minimum Gasteiger partial charge on any atom is -0.322 e. The topological polar surface area (TPSA) is 49.0 Å². The molecule has 0 unspecified atom stereocenters. The van der Waals surface area contributed by atoms with Crippen LogP contribution >= 0.6 is 11.8 Å². The lowest BCUT2D eigenvalue weighted by Crippen LogP contribution is -2.35. The monoisotopic (exact) mass is 365 g/mol. The summed E-state index contributed by atoms with van der Waals surface area (Å²) in [6.45, 7) is 1.67. The van der Waals surface area contributed by atoms with Gasteiger partial charge in [0.15, 0.2) is 0 Å². The zero-order valence-electron chi connectivity index (χ0n) is 14.9. The van der Waals surface area contributed by atoms with E-state index in [2.05, 4.69) is 33.1 Å². The Morgan fingerprint density at radius 2 is 2.15 bits per heavy atom. The van der Waals surface area contributed by atoms with Gasteiger partial charge in [0, 0.05) is 28.7 Å². The van der Waals surface area contributed by atoms with Crippen LogP contribution in [0.15, 0.2) is 58.4 Å². The number of hydrogen-bond donors (Lipinski definition) is 1. The number of aromatic amines is 1. The van der Waals surface area contributed by atoms with Gasteiger partial charge in [-0.1, -0.05) is 18.6 Å². The van der Waals surface area contributed by atoms with Gasteiger partial charge in [-0.3, -0.25) is 14.7 Å². The zero-order valence-corrected chi connectivity index (χ0v) is 15.8. The smallest absolute Gasteiger partial charge is 0.252 e. The SMILES string of the molecule is CSc1ccc2cc(CN3CCCC[C@H]3c3ccccn3)c(=O)[nH]c2c1. The van der Waals surface area contributed by atoms with Gasteiger partial charge in [0.25, 0.3) is 5.56 Å². The number of H-pyrrole nitrogens is 1. The fourth-order valence-corrected chi connectivity index (χ4v) is 4.22. The highest BCUT2D eigenvalue weighted by Gasteiger charge is 2.25. The number of piperidine rings is 1. The van der Waals surface area contributed by atoms with E-state index < -0.39 is 0 Å². The average Bonchev–Trinajstić information content (AvgIpc) is 2.69. The van der Waals surface area contributed by atoms with Crippen molar-refractivity contribution in [1.29, 1.82) is 0 Å². The molecule has 1 N–H and O–H groups in total. The van der Waals surface area contributed by atoms with Gasteiger partial charge in [0.1, 0.15) is 0 Å². The van der Waals surface area contributed by atoms with Gasteiger partial charge in [0.05, 0.1) is 11.7 Å². The lowest BCUT2D eigenvalue weighted by Gasteiger charge is -2.35. The quantitative estimate of drug-likeness (QED) is 0.698. The Labute approximate surface area is 157 Å². The summed E-state index contributed by atoms with van der Waals surface area (Å²) in [5.74, 6) is 0. The molecule has 1 aromatic carbocycles. The molecule has 1 atom stereocenters. The van der Waals surface area contributed by atoms with Crippen LogP contribution in [0.4, 0.5) is 0 Å². The predicted octanol–water partition coefficient (Wildman–Crippen LogP) is 4.37. The zero-order chi connectivity index (χ0) is 17.9. The van der Waals surface area contributed by atoms with Crippen molar-refractivity contribution in [2.24, 2.45) is 0 Å². The number of aromatic nitrogens is 2. The Balaban J connectivity index is 1.64. The molecule has 134 valence electrons. The highest BCUT2D eigenvalue weighted by atomic mass is 32.2. The number of fused-ring (bicyclic) bond motifs is 1. The summed E-state index contributed by atoms with van der Waals surface area (Å²) in [6.07, 6.45) is 7.38. The predicted molar refractivity (Wildman–Crippen MR) is 108 cm³/mol. The lowest BCUT2D eigenvalue weighted by molar-refractivity contribution is 0.137. The molecule has 0 spiro atoms. The van der Waals surface area contributed by atoms with E-state index >= 15 is 0 Å². The molecule has 1 saturated heterocycles. The third-order valence-electron chi connectivity index (χ3n) is 5.15. The van der Waals surface area contributed by atoms with Crippen LogP contribution in [0, 0.1) is 0 Å². The van der Waals surface area contributed by atoms with Gasteiger partial charge in [-0.05, 0) is 61.4 Å². The van der Waals surface area contributed by atoms with Gasteiger partial charge in [-0.15, -0.1) is 11.8 Å². The van der Waals surface area contributed by atoms with Gasteiger partial charge in [-0.25, -0.2) is 0 Å². The summed E-state index contributed by atoms with van der Waals surface area (Å²) in [7, 11) is 0. The fraction of sp³-hybridized carbons (Fsp3) is 0.333. The Bertz CT molecular complexity index is 954. The number of nitrogens with one attached hydrogen (secondary N) is 1. The summed E-state index contributed by atoms with van der Waals surface area (Å²) in [5.41, 5.74) is 2.86. The van der Waals surface area contributed by atoms with Crippen LogP contribution in [-0.4, -0.2) is 27.7 Å². The molecule has 5 heteroatoms. The van der Waals surface area contributed by atoms with Gasteiger partial charge < -0.3 is 4.98 Å². The number of benzene rings is 1. The fourth-order valence-electron chi connectivity index (χ4n) is 3.78. The lowest BCUT2D eigenvalue weighted by atomic mass is 9.98. The molecule has 0 bridgehead atoms. The van der Waals surface area contributed by atoms with E-state index in [1.807, 2.05) is 36.7 Å². The molecule has 4 rings (SSSR count). The maximum atomic E-state index is 12.6. The maximum Gasteiger partial charge on any atom is 0.252 e. The van der Waals surface area contributed by atoms with Crippen molar-refractivity contribution in [2.75, 3.05) is 12.8 Å². The summed E-state index contributed by atoms with van der Waals surface area (Å²) < 4.78 is 0. The third kappa shape index (κ3) is 3.55. The van der Waals surface area contributed by atoms with E-state index in [1.54, 1.807) is 11.8 Å². The van der Waals surface area contributed by atoms with E-state index in [0.717, 1.165) is 40.0 Å². The van der Waals surface area contributed by atoms with Crippen molar-refractivity contribution in [3.63, 3.8) is 0 Å². The third-order valence-corrected chi connectivity index (χ3v) is 5.87. The molecule has 0 amide bonds. The number of rotatable bonds is 4. The molecule has 1 aliphatic rings. The molecule has 3 aromatic rings. The second-order valence-electron chi connectivity index (χ2n) is 6.81. The summed E-state index contributed by atoms with van der Waals surface area (Å²) in [6, 6.07) is 14.7. The summed E-state index contributed by atoms with van der Waals surface area (Å²) >= 11 is 1.68. The van der Waals surface area contributed by atoms with Crippen molar-refractivity contribution in [2.45, 2.75) is 36.7 Å². The van der Waals surface area contributed by atoms with Crippen LogP contribution in [0.1, 0.15) is 36.6 Å². The molecule has 0 saturated carbocycles. The highest BCUT2D eigenvalue weighted by molar-refractivity contribution is 7.98. The highest BCUT2D eigenvalue weighted by Crippen LogP contribution is 2.31. The van der Waals surface area contributed by atoms with Gasteiger partial charge in [0.2, 0.25) is 0 Å². The van der Waals surface area contributed by atoms with Crippen molar-refractivity contribution < 1.29 is 0 Å². The first-order valence-corrected chi connectivity index (χ1v) is 10.3. The van der Waals surface area contributed by atoms with Crippen LogP contribution < -0.4 is 5.56 Å². The Morgan fingerprint density at radius 3 is 2.96 bits per heavy atom. The maximum absolute atomic E-state index is 12.6. The number of nitrogens with zero attached hydrogens (tertiary/aromatic N) is 2. The normalized spacial score (nSPS) is 18.3. The second-order valence-corrected chi connectivity index (χ2v) is 7.69. The minimum absolute atomic E-state index is 0.0149. The van der Waals surface area contributed by atoms with E-state index in [0.29, 0.717) is 12.6 Å². The average molecular weight is 366 g/mol. The molecular weight excluding hydrogens is 342 g/mol. The summed E-state index contributed by atoms with van der Waals surface area (Å²) in [4.78, 5) is 23.8. The molecule has 26 heavy (non-hydrogen) atoms. The van der Waals surface area contributed by atoms with E-state index in [1.165, 1.54) is 12.8 Å². The first kappa shape index (κ1) is 17.3. The minimum atomic E-state index is 0.0149. The molecule has 0 aliphatic carbocycles. The van der Waals surface area contributed by atoms with E-state index in [-0.39, 0.29) is 5.56 Å². The Hall–Kier alpha value is -2.11. The molecule has 2 aromatic heterocycles. The largest absolute Gasteiger partial charge is 0.322 e. The van der Waals surface area contributed by atoms with Crippen LogP contribution in [0.5, 0.6) is 0 Å². The number of likely N-dealkylation sites (tertiary alicyclic amines) is 1. The first-order chi connectivity index (χ1) is 12.7.